The van der Waals surface area contributed by atoms with Gasteiger partial charge in [-0.2, -0.15) is 0 Å². The minimum Gasteiger partial charge on any atom is -0.310 e. The minimum absolute atomic E-state index is 0.274. The molecule has 3 aliphatic rings. The Labute approximate surface area is 249 Å². The number of carbonyl (C=O) groups is 1. The van der Waals surface area contributed by atoms with E-state index in [1.807, 2.05) is 0 Å². The second-order valence-corrected chi connectivity index (χ2v) is 18.4. The molecule has 1 aliphatic heterocycles. The molecule has 0 N–H and O–H groups in total. The molecule has 0 fully saturated rings. The highest BCUT2D eigenvalue weighted by Crippen LogP contribution is 2.63. The molecule has 0 bridgehead atoms. The second-order valence-electron chi connectivity index (χ2n) is 13.3. The predicted octanol–water partition coefficient (Wildman–Crippen LogP) is 9.21. The van der Waals surface area contributed by atoms with Gasteiger partial charge in [-0.1, -0.05) is 103 Å². The maximum absolute atomic E-state index is 12.7. The molecule has 3 heteroatoms. The van der Waals surface area contributed by atoms with Crippen LogP contribution in [0.5, 0.6) is 0 Å². The number of nitrogens with zero attached hydrogens (tertiary/aromatic N) is 1. The molecule has 0 unspecified atom stereocenters. The number of benzene rings is 5. The van der Waals surface area contributed by atoms with E-state index in [1.54, 1.807) is 0 Å². The molecule has 0 amide bonds. The van der Waals surface area contributed by atoms with E-state index in [2.05, 4.69) is 135 Å². The van der Waals surface area contributed by atoms with E-state index in [4.69, 9.17) is 0 Å². The largest absolute Gasteiger partial charge is 0.310 e. The van der Waals surface area contributed by atoms with Gasteiger partial charge in [-0.3, -0.25) is 4.79 Å². The third kappa shape index (κ3) is 3.40. The number of anilines is 3. The van der Waals surface area contributed by atoms with Gasteiger partial charge in [0.1, 0.15) is 0 Å². The summed E-state index contributed by atoms with van der Waals surface area (Å²) in [7, 11) is -1.63. The van der Waals surface area contributed by atoms with Gasteiger partial charge in [-0.05, 0) is 89.0 Å². The Hall–Kier alpha value is -4.21. The number of aryl methyl sites for hydroxylation is 2. The van der Waals surface area contributed by atoms with E-state index >= 15 is 0 Å². The molecule has 42 heavy (non-hydrogen) atoms. The van der Waals surface area contributed by atoms with Crippen LogP contribution in [0.4, 0.5) is 17.1 Å². The SMILES string of the molecule is Cc1ccc2c(c1)C1(c3ccccc3-c3ccccc31)c1cc([Si](C)(C)C)ccc1N2c1ccc2c(c1)CCCC2=O. The zero-order valence-corrected chi connectivity index (χ0v) is 25.8. The van der Waals surface area contributed by atoms with Gasteiger partial charge in [0, 0.05) is 17.7 Å². The molecule has 206 valence electrons. The summed E-state index contributed by atoms with van der Waals surface area (Å²) in [5.41, 5.74) is 14.5. The first kappa shape index (κ1) is 25.5. The van der Waals surface area contributed by atoms with Crippen molar-refractivity contribution in [1.29, 1.82) is 0 Å². The smallest absolute Gasteiger partial charge is 0.163 e. The van der Waals surface area contributed by atoms with Crippen LogP contribution in [0.25, 0.3) is 11.1 Å². The van der Waals surface area contributed by atoms with Crippen molar-refractivity contribution in [3.63, 3.8) is 0 Å². The molecule has 0 radical (unpaired) electrons. The summed E-state index contributed by atoms with van der Waals surface area (Å²) in [5.74, 6) is 0.274. The van der Waals surface area contributed by atoms with Crippen molar-refractivity contribution in [2.45, 2.75) is 51.2 Å². The van der Waals surface area contributed by atoms with Gasteiger partial charge in [0.25, 0.3) is 0 Å². The van der Waals surface area contributed by atoms with Crippen LogP contribution in [-0.2, 0) is 11.8 Å². The molecule has 2 aliphatic carbocycles. The molecule has 1 heterocycles. The van der Waals surface area contributed by atoms with E-state index in [1.165, 1.54) is 61.1 Å². The Bertz CT molecular complexity index is 1900. The van der Waals surface area contributed by atoms with Crippen LogP contribution in [0, 0.1) is 6.92 Å². The molecule has 5 aromatic carbocycles. The van der Waals surface area contributed by atoms with Gasteiger partial charge in [0.05, 0.1) is 24.9 Å². The zero-order valence-electron chi connectivity index (χ0n) is 24.8. The summed E-state index contributed by atoms with van der Waals surface area (Å²) in [5, 5.41) is 1.47. The molecule has 1 spiro atoms. The van der Waals surface area contributed by atoms with Crippen molar-refractivity contribution in [2.24, 2.45) is 0 Å². The van der Waals surface area contributed by atoms with Crippen LogP contribution in [0.15, 0.2) is 103 Å². The van der Waals surface area contributed by atoms with Crippen molar-refractivity contribution in [3.05, 3.63) is 142 Å². The lowest BCUT2D eigenvalue weighted by Gasteiger charge is -2.46. The van der Waals surface area contributed by atoms with E-state index in [-0.39, 0.29) is 5.78 Å². The number of hydrogen-bond acceptors (Lipinski definition) is 2. The monoisotopic (exact) mass is 561 g/mol. The molecular weight excluding hydrogens is 527 g/mol. The van der Waals surface area contributed by atoms with Crippen molar-refractivity contribution in [1.82, 2.24) is 0 Å². The lowest BCUT2D eigenvalue weighted by Crippen LogP contribution is -2.42. The highest BCUT2D eigenvalue weighted by Gasteiger charge is 2.52. The van der Waals surface area contributed by atoms with Gasteiger partial charge < -0.3 is 4.90 Å². The number of carbonyl (C=O) groups excluding carboxylic acids is 1. The van der Waals surface area contributed by atoms with Gasteiger partial charge in [0.15, 0.2) is 5.78 Å². The zero-order chi connectivity index (χ0) is 28.8. The summed E-state index contributed by atoms with van der Waals surface area (Å²) in [6, 6.07) is 38.9. The summed E-state index contributed by atoms with van der Waals surface area (Å²) in [4.78, 5) is 15.2. The van der Waals surface area contributed by atoms with Crippen molar-refractivity contribution >= 4 is 36.1 Å². The Balaban J connectivity index is 1.51. The highest BCUT2D eigenvalue weighted by molar-refractivity contribution is 6.88. The summed E-state index contributed by atoms with van der Waals surface area (Å²) in [6.07, 6.45) is 2.54. The molecule has 8 rings (SSSR count). The topological polar surface area (TPSA) is 20.3 Å². The third-order valence-electron chi connectivity index (χ3n) is 9.75. The number of rotatable bonds is 2. The molecule has 5 aromatic rings. The second kappa shape index (κ2) is 8.89. The predicted molar refractivity (Wildman–Crippen MR) is 177 cm³/mol. The average Bonchev–Trinajstić information content (AvgIpc) is 3.28. The van der Waals surface area contributed by atoms with E-state index in [9.17, 15) is 4.79 Å². The molecular formula is C39H35NOSi. The average molecular weight is 562 g/mol. The lowest BCUT2D eigenvalue weighted by molar-refractivity contribution is 0.0972. The van der Waals surface area contributed by atoms with Crippen LogP contribution in [0.2, 0.25) is 19.6 Å². The normalized spacial score (nSPS) is 16.0. The number of ketones is 1. The fourth-order valence-electron chi connectivity index (χ4n) is 7.78. The van der Waals surface area contributed by atoms with E-state index in [0.29, 0.717) is 6.42 Å². The van der Waals surface area contributed by atoms with Gasteiger partial charge >= 0.3 is 0 Å². The quantitative estimate of drug-likeness (QED) is 0.196. The minimum atomic E-state index is -1.63. The Morgan fingerprint density at radius 3 is 1.98 bits per heavy atom. The van der Waals surface area contributed by atoms with Gasteiger partial charge in [0.2, 0.25) is 0 Å². The third-order valence-corrected chi connectivity index (χ3v) is 11.8. The van der Waals surface area contributed by atoms with E-state index < -0.39 is 13.5 Å². The standard InChI is InChI=1S/C39H35NOSi/c1-25-16-20-36-34(22-25)39(32-13-7-5-11-30(32)31-12-6-8-14-33(31)39)35-24-28(42(2,3)4)18-21-37(35)40(36)27-17-19-29-26(23-27)10-9-15-38(29)41/h5-8,11-14,16-24H,9-10,15H2,1-4H3. The molecule has 0 atom stereocenters. The van der Waals surface area contributed by atoms with Gasteiger partial charge in [-0.15, -0.1) is 0 Å². The highest BCUT2D eigenvalue weighted by atomic mass is 28.3. The van der Waals surface area contributed by atoms with Crippen LogP contribution in [-0.4, -0.2) is 13.9 Å². The fourth-order valence-corrected chi connectivity index (χ4v) is 8.94. The van der Waals surface area contributed by atoms with Crippen LogP contribution in [0.3, 0.4) is 0 Å². The summed E-state index contributed by atoms with van der Waals surface area (Å²) in [6.45, 7) is 9.54. The Morgan fingerprint density at radius 2 is 1.29 bits per heavy atom. The van der Waals surface area contributed by atoms with Crippen LogP contribution >= 0.6 is 0 Å². The number of Topliss-reactive ketones (excluding diaryl/α,β-unsaturated/α-hetero) is 1. The van der Waals surface area contributed by atoms with Crippen molar-refractivity contribution in [3.8, 4) is 11.1 Å². The fraction of sp³-hybridized carbons (Fsp3) is 0.205. The van der Waals surface area contributed by atoms with Crippen molar-refractivity contribution in [2.75, 3.05) is 4.90 Å². The van der Waals surface area contributed by atoms with Gasteiger partial charge in [-0.25, -0.2) is 0 Å². The van der Waals surface area contributed by atoms with Crippen LogP contribution in [0.1, 0.15) is 56.6 Å². The first-order valence-electron chi connectivity index (χ1n) is 15.2. The number of hydrogen-bond donors (Lipinski definition) is 0. The van der Waals surface area contributed by atoms with Crippen LogP contribution < -0.4 is 10.1 Å². The summed E-state index contributed by atoms with van der Waals surface area (Å²) >= 11 is 0. The maximum Gasteiger partial charge on any atom is 0.163 e. The first-order chi connectivity index (χ1) is 20.3. The first-order valence-corrected chi connectivity index (χ1v) is 18.7. The van der Waals surface area contributed by atoms with Crippen molar-refractivity contribution < 1.29 is 4.79 Å². The van der Waals surface area contributed by atoms with E-state index in [0.717, 1.165) is 24.1 Å². The molecule has 0 saturated carbocycles. The lowest BCUT2D eigenvalue weighted by atomic mass is 9.64. The Morgan fingerprint density at radius 1 is 0.643 bits per heavy atom. The Kier molecular flexibility index (Phi) is 5.40. The molecule has 0 saturated heterocycles. The molecule has 2 nitrogen and oxygen atoms in total. The maximum atomic E-state index is 12.7. The molecule has 0 aromatic heterocycles. The number of fused-ring (bicyclic) bond motifs is 10. The summed E-state index contributed by atoms with van der Waals surface area (Å²) < 4.78 is 0.